The van der Waals surface area contributed by atoms with E-state index < -0.39 is 24.8 Å². The largest absolute Gasteiger partial charge is 2.00 e. The molecule has 0 aliphatic carbocycles. The third-order valence-electron chi connectivity index (χ3n) is 0. The van der Waals surface area contributed by atoms with Crippen molar-refractivity contribution >= 4 is 24.8 Å². The van der Waals surface area contributed by atoms with Gasteiger partial charge in [0.25, 0.3) is 0 Å². The third-order valence-corrected chi connectivity index (χ3v) is 0. The van der Waals surface area contributed by atoms with Crippen LogP contribution in [-0.4, -0.2) is 39.1 Å². The minimum atomic E-state index is -4.86. The first-order chi connectivity index (χ1) is 3.41. The van der Waals surface area contributed by atoms with Crippen LogP contribution < -0.4 is 8.93 Å². The van der Waals surface area contributed by atoms with Gasteiger partial charge in [-0.2, -0.15) is 0 Å². The predicted octanol–water partition coefficient (Wildman–Crippen LogP) is -5.20. The van der Waals surface area contributed by atoms with Gasteiger partial charge in [0.05, 0.1) is 0 Å². The van der Waals surface area contributed by atoms with Crippen LogP contribution in [0.5, 0.6) is 0 Å². The average Bonchev–Trinajstić information content (AvgIpc) is 1.27. The van der Waals surface area contributed by atoms with E-state index >= 15 is 0 Å². The Morgan fingerprint density at radius 3 is 1.33 bits per heavy atom. The third kappa shape index (κ3) is 606. The first kappa shape index (κ1) is 16.4. The number of hydrogen-bond acceptors (Lipinski definition) is 6. The molecule has 0 unspecified atom stereocenters. The van der Waals surface area contributed by atoms with Crippen LogP contribution in [-0.2, 0) is 23.3 Å². The van der Waals surface area contributed by atoms with Crippen LogP contribution in [0.1, 0.15) is 0 Å². The van der Waals surface area contributed by atoms with Crippen LogP contribution in [0.3, 0.4) is 0 Å². The summed E-state index contributed by atoms with van der Waals surface area (Å²) in [6.07, 6.45) is 0. The molecule has 0 rings (SSSR count). The number of rotatable bonds is 0. The van der Waals surface area contributed by atoms with Crippen LogP contribution in [0.4, 0.5) is 0 Å². The molecule has 0 amide bonds. The summed E-state index contributed by atoms with van der Waals surface area (Å²) < 4.78 is 17.1. The summed E-state index contributed by atoms with van der Waals surface area (Å²) in [5.41, 5.74) is 0. The van der Waals surface area contributed by atoms with E-state index in [-0.39, 0.29) is 19.5 Å². The van der Waals surface area contributed by atoms with Crippen molar-refractivity contribution in [1.29, 1.82) is 0 Å². The maximum absolute atomic E-state index is 8.91. The fourth-order valence-corrected chi connectivity index (χ4v) is 0. The molecule has 0 heterocycles. The first-order valence-corrected chi connectivity index (χ1v) is 5.07. The SMILES string of the molecule is [O-][Si](O)(O)O.[O]=[GeH][O-].[Zn+2]. The molecule has 50 valence electrons. The van der Waals surface area contributed by atoms with Crippen molar-refractivity contribution in [3.05, 3.63) is 0 Å². The molecule has 9 heteroatoms. The van der Waals surface area contributed by atoms with E-state index in [1.54, 1.807) is 0 Å². The van der Waals surface area contributed by atoms with Crippen LogP contribution in [0.15, 0.2) is 0 Å². The van der Waals surface area contributed by atoms with Crippen molar-refractivity contribution in [1.82, 2.24) is 0 Å². The van der Waals surface area contributed by atoms with E-state index in [1.165, 1.54) is 0 Å². The molecular weight excluding hydrogens is 262 g/mol. The maximum Gasteiger partial charge on any atom is 2.00 e. The number of hydrogen-bond donors (Lipinski definition) is 3. The quantitative estimate of drug-likeness (QED) is 0.376. The molecular formula is H4GeO6SiZn. The molecule has 0 atom stereocenters. The van der Waals surface area contributed by atoms with Gasteiger partial charge in [0.1, 0.15) is 0 Å². The smallest absolute Gasteiger partial charge is 2.00 e. The molecule has 0 aromatic carbocycles. The normalized spacial score (nSPS) is 8.00. The Hall–Kier alpha value is 0.823. The summed E-state index contributed by atoms with van der Waals surface area (Å²) in [5.74, 6) is 0. The summed E-state index contributed by atoms with van der Waals surface area (Å²) in [5, 5.41) is 0. The maximum atomic E-state index is 8.91. The second kappa shape index (κ2) is 8.82. The van der Waals surface area contributed by atoms with Gasteiger partial charge in [-0.15, -0.1) is 0 Å². The Balaban J connectivity index is -0.0000000800. The molecule has 0 saturated carbocycles. The van der Waals surface area contributed by atoms with E-state index in [0.29, 0.717) is 0 Å². The van der Waals surface area contributed by atoms with Gasteiger partial charge in [-0.05, 0) is 0 Å². The summed E-state index contributed by atoms with van der Waals surface area (Å²) in [7, 11) is -4.86. The van der Waals surface area contributed by atoms with Gasteiger partial charge < -0.3 is 19.2 Å². The minimum absolute atomic E-state index is 0. The molecule has 0 spiro atoms. The fraction of sp³-hybridized carbons (Fsp3) is 0. The summed E-state index contributed by atoms with van der Waals surface area (Å²) in [4.78, 5) is 30.6. The van der Waals surface area contributed by atoms with Crippen LogP contribution in [0, 0.1) is 0 Å². The molecule has 0 aliphatic heterocycles. The molecule has 9 heavy (non-hydrogen) atoms. The minimum Gasteiger partial charge on any atom is 2.00 e. The second-order valence-corrected chi connectivity index (χ2v) is 2.22. The van der Waals surface area contributed by atoms with Crippen LogP contribution in [0.25, 0.3) is 0 Å². The summed E-state index contributed by atoms with van der Waals surface area (Å²) in [6, 6.07) is 0. The Labute approximate surface area is 71.4 Å². The Kier molecular flexibility index (Phi) is 16.1. The van der Waals surface area contributed by atoms with E-state index in [9.17, 15) is 0 Å². The van der Waals surface area contributed by atoms with Crippen LogP contribution in [0.2, 0.25) is 0 Å². The molecule has 0 aromatic rings. The van der Waals surface area contributed by atoms with E-state index in [0.717, 1.165) is 0 Å². The zero-order chi connectivity index (χ0) is 7.21. The Bertz CT molecular complexity index is 52.6. The molecule has 0 fully saturated rings. The van der Waals surface area contributed by atoms with Gasteiger partial charge in [0, 0.05) is 0 Å². The first-order valence-electron chi connectivity index (χ1n) is 1.35. The van der Waals surface area contributed by atoms with E-state index in [2.05, 4.69) is 0 Å². The second-order valence-electron chi connectivity index (χ2n) is 0.670. The molecule has 6 nitrogen and oxygen atoms in total. The average molecular weight is 266 g/mol. The fourth-order valence-electron chi connectivity index (χ4n) is 0. The van der Waals surface area contributed by atoms with E-state index in [4.69, 9.17) is 27.1 Å². The van der Waals surface area contributed by atoms with Crippen molar-refractivity contribution in [2.75, 3.05) is 0 Å². The molecule has 0 saturated heterocycles. The van der Waals surface area contributed by atoms with Gasteiger partial charge in [0.2, 0.25) is 0 Å². The van der Waals surface area contributed by atoms with Gasteiger partial charge in [-0.1, -0.05) is 0 Å². The predicted molar refractivity (Wildman–Crippen MR) is 20.2 cm³/mol. The standard InChI is InChI=1S/GeHO2.H3O4Si.Zn/c2-1-3;1-5(2,3)4;/h1H;1-3H;/q2*-1;+2. The van der Waals surface area contributed by atoms with Gasteiger partial charge in [-0.25, -0.2) is 0 Å². The van der Waals surface area contributed by atoms with Crippen molar-refractivity contribution in [3.8, 4) is 0 Å². The van der Waals surface area contributed by atoms with Gasteiger partial charge in [0.15, 0.2) is 0 Å². The molecule has 0 aromatic heterocycles. The van der Waals surface area contributed by atoms with Crippen LogP contribution >= 0.6 is 0 Å². The van der Waals surface area contributed by atoms with Gasteiger partial charge in [-0.3, -0.25) is 0 Å². The Morgan fingerprint density at radius 2 is 1.33 bits per heavy atom. The summed E-state index contributed by atoms with van der Waals surface area (Å²) >= 11 is -2.19. The Morgan fingerprint density at radius 1 is 1.33 bits per heavy atom. The van der Waals surface area contributed by atoms with Crippen molar-refractivity contribution in [2.45, 2.75) is 0 Å². The zero-order valence-corrected chi connectivity index (χ0v) is 10.7. The van der Waals surface area contributed by atoms with E-state index in [1.807, 2.05) is 0 Å². The topological polar surface area (TPSA) is 124 Å². The zero-order valence-electron chi connectivity index (χ0n) is 4.35. The van der Waals surface area contributed by atoms with Crippen molar-refractivity contribution < 1.29 is 46.6 Å². The van der Waals surface area contributed by atoms with Crippen molar-refractivity contribution in [2.24, 2.45) is 0 Å². The van der Waals surface area contributed by atoms with Crippen molar-refractivity contribution in [3.63, 3.8) is 0 Å². The monoisotopic (exact) mass is 266 g/mol. The molecule has 0 bridgehead atoms. The van der Waals surface area contributed by atoms with Gasteiger partial charge >= 0.3 is 52.1 Å². The molecule has 0 radical (unpaired) electrons. The molecule has 0 aliphatic rings. The summed E-state index contributed by atoms with van der Waals surface area (Å²) in [6.45, 7) is 0. The molecule has 3 N–H and O–H groups in total.